The van der Waals surface area contributed by atoms with E-state index in [2.05, 4.69) is 6.92 Å². The molecule has 0 saturated carbocycles. The Bertz CT molecular complexity index is 170. The fourth-order valence-corrected chi connectivity index (χ4v) is 1.87. The maximum Gasteiger partial charge on any atom is 0.222 e. The number of nitrogens with zero attached hydrogens (tertiary/aromatic N) is 1. The standard InChI is InChI=1S/C10H20N2O/c1-9-5-2-3-6-10(13)12(9)8-4-7-11/h9H,2-8,11H2,1H3. The molecule has 1 fully saturated rings. The van der Waals surface area contributed by atoms with Crippen LogP contribution >= 0.6 is 0 Å². The van der Waals surface area contributed by atoms with Gasteiger partial charge in [-0.25, -0.2) is 0 Å². The molecule has 0 aromatic heterocycles. The van der Waals surface area contributed by atoms with Crippen molar-refractivity contribution >= 4 is 5.91 Å². The zero-order chi connectivity index (χ0) is 9.68. The highest BCUT2D eigenvalue weighted by Crippen LogP contribution is 2.17. The van der Waals surface area contributed by atoms with E-state index >= 15 is 0 Å². The Morgan fingerprint density at radius 1 is 1.54 bits per heavy atom. The summed E-state index contributed by atoms with van der Waals surface area (Å²) in [5.41, 5.74) is 5.44. The van der Waals surface area contributed by atoms with Crippen LogP contribution in [0.15, 0.2) is 0 Å². The molecule has 0 aromatic rings. The summed E-state index contributed by atoms with van der Waals surface area (Å²) in [5.74, 6) is 0.318. The van der Waals surface area contributed by atoms with E-state index in [4.69, 9.17) is 5.73 Å². The van der Waals surface area contributed by atoms with Crippen LogP contribution in [-0.2, 0) is 4.79 Å². The van der Waals surface area contributed by atoms with Crippen LogP contribution in [0.25, 0.3) is 0 Å². The summed E-state index contributed by atoms with van der Waals surface area (Å²) in [5, 5.41) is 0. The van der Waals surface area contributed by atoms with Crippen molar-refractivity contribution in [2.45, 2.75) is 45.1 Å². The first kappa shape index (κ1) is 10.5. The fraction of sp³-hybridized carbons (Fsp3) is 0.900. The molecule has 3 nitrogen and oxygen atoms in total. The third-order valence-electron chi connectivity index (χ3n) is 2.72. The summed E-state index contributed by atoms with van der Waals surface area (Å²) in [7, 11) is 0. The molecule has 1 atom stereocenters. The van der Waals surface area contributed by atoms with Crippen molar-refractivity contribution in [2.75, 3.05) is 13.1 Å². The van der Waals surface area contributed by atoms with Crippen molar-refractivity contribution in [3.63, 3.8) is 0 Å². The van der Waals surface area contributed by atoms with E-state index in [1.807, 2.05) is 4.90 Å². The average Bonchev–Trinajstić information content (AvgIpc) is 2.26. The smallest absolute Gasteiger partial charge is 0.222 e. The first-order valence-electron chi connectivity index (χ1n) is 5.25. The van der Waals surface area contributed by atoms with E-state index in [1.54, 1.807) is 0 Å². The molecule has 76 valence electrons. The second kappa shape index (κ2) is 5.22. The molecule has 0 spiro atoms. The topological polar surface area (TPSA) is 46.3 Å². The number of rotatable bonds is 3. The summed E-state index contributed by atoms with van der Waals surface area (Å²) in [4.78, 5) is 13.6. The first-order chi connectivity index (χ1) is 6.25. The molecule has 1 saturated heterocycles. The van der Waals surface area contributed by atoms with Crippen LogP contribution in [0, 0.1) is 0 Å². The van der Waals surface area contributed by atoms with Gasteiger partial charge in [-0.2, -0.15) is 0 Å². The van der Waals surface area contributed by atoms with Crippen LogP contribution in [-0.4, -0.2) is 29.9 Å². The zero-order valence-electron chi connectivity index (χ0n) is 8.46. The molecule has 2 N–H and O–H groups in total. The lowest BCUT2D eigenvalue weighted by Gasteiger charge is -2.27. The third-order valence-corrected chi connectivity index (χ3v) is 2.72. The SMILES string of the molecule is CC1CCCCC(=O)N1CCCN. The molecular formula is C10H20N2O. The summed E-state index contributed by atoms with van der Waals surface area (Å²) in [6.07, 6.45) is 5.05. The molecule has 0 bridgehead atoms. The summed E-state index contributed by atoms with van der Waals surface area (Å²) < 4.78 is 0. The van der Waals surface area contributed by atoms with Gasteiger partial charge in [0.1, 0.15) is 0 Å². The summed E-state index contributed by atoms with van der Waals surface area (Å²) >= 11 is 0. The Balaban J connectivity index is 2.48. The van der Waals surface area contributed by atoms with Gasteiger partial charge >= 0.3 is 0 Å². The second-order valence-corrected chi connectivity index (χ2v) is 3.82. The van der Waals surface area contributed by atoms with E-state index in [0.29, 0.717) is 18.5 Å². The van der Waals surface area contributed by atoms with Crippen LogP contribution < -0.4 is 5.73 Å². The highest BCUT2D eigenvalue weighted by atomic mass is 16.2. The summed E-state index contributed by atoms with van der Waals surface area (Å²) in [6.45, 7) is 3.66. The van der Waals surface area contributed by atoms with Gasteiger partial charge in [0.05, 0.1) is 0 Å². The monoisotopic (exact) mass is 184 g/mol. The van der Waals surface area contributed by atoms with Crippen molar-refractivity contribution in [3.8, 4) is 0 Å². The molecule has 0 aromatic carbocycles. The Kier molecular flexibility index (Phi) is 4.22. The molecule has 1 heterocycles. The molecule has 0 aliphatic carbocycles. The molecule has 13 heavy (non-hydrogen) atoms. The number of amides is 1. The van der Waals surface area contributed by atoms with Gasteiger partial charge in [0.25, 0.3) is 0 Å². The molecule has 1 unspecified atom stereocenters. The largest absolute Gasteiger partial charge is 0.340 e. The predicted octanol–water partition coefficient (Wildman–Crippen LogP) is 1.13. The third kappa shape index (κ3) is 2.99. The lowest BCUT2D eigenvalue weighted by molar-refractivity contribution is -0.132. The number of nitrogens with two attached hydrogens (primary N) is 1. The maximum atomic E-state index is 11.6. The Morgan fingerprint density at radius 3 is 3.00 bits per heavy atom. The number of carbonyl (C=O) groups excluding carboxylic acids is 1. The van der Waals surface area contributed by atoms with Crippen LogP contribution in [0.4, 0.5) is 0 Å². The van der Waals surface area contributed by atoms with Gasteiger partial charge in [-0.1, -0.05) is 6.42 Å². The van der Waals surface area contributed by atoms with E-state index in [0.717, 1.165) is 32.2 Å². The van der Waals surface area contributed by atoms with Gasteiger partial charge in [-0.15, -0.1) is 0 Å². The van der Waals surface area contributed by atoms with Gasteiger partial charge in [-0.3, -0.25) is 4.79 Å². The number of hydrogen-bond donors (Lipinski definition) is 1. The van der Waals surface area contributed by atoms with Crippen molar-refractivity contribution in [1.29, 1.82) is 0 Å². The molecule has 1 amide bonds. The molecular weight excluding hydrogens is 164 g/mol. The lowest BCUT2D eigenvalue weighted by Crippen LogP contribution is -2.38. The number of likely N-dealkylation sites (tertiary alicyclic amines) is 1. The normalized spacial score (nSPS) is 24.6. The number of hydrogen-bond acceptors (Lipinski definition) is 2. The average molecular weight is 184 g/mol. The predicted molar refractivity (Wildman–Crippen MR) is 53.3 cm³/mol. The van der Waals surface area contributed by atoms with Crippen molar-refractivity contribution in [2.24, 2.45) is 5.73 Å². The second-order valence-electron chi connectivity index (χ2n) is 3.82. The molecule has 0 radical (unpaired) electrons. The van der Waals surface area contributed by atoms with E-state index in [-0.39, 0.29) is 0 Å². The van der Waals surface area contributed by atoms with Crippen LogP contribution in [0.5, 0.6) is 0 Å². The molecule has 1 aliphatic rings. The highest BCUT2D eigenvalue weighted by molar-refractivity contribution is 5.76. The van der Waals surface area contributed by atoms with Gasteiger partial charge < -0.3 is 10.6 Å². The van der Waals surface area contributed by atoms with Gasteiger partial charge in [-0.05, 0) is 32.7 Å². The molecule has 1 rings (SSSR count). The van der Waals surface area contributed by atoms with E-state index < -0.39 is 0 Å². The molecule has 3 heteroatoms. The number of carbonyl (C=O) groups is 1. The van der Waals surface area contributed by atoms with E-state index in [1.165, 1.54) is 6.42 Å². The lowest BCUT2D eigenvalue weighted by atomic mass is 10.1. The highest BCUT2D eigenvalue weighted by Gasteiger charge is 2.21. The van der Waals surface area contributed by atoms with Gasteiger partial charge in [0, 0.05) is 19.0 Å². The first-order valence-corrected chi connectivity index (χ1v) is 5.25. The Morgan fingerprint density at radius 2 is 2.31 bits per heavy atom. The quantitative estimate of drug-likeness (QED) is 0.714. The van der Waals surface area contributed by atoms with E-state index in [9.17, 15) is 4.79 Å². The summed E-state index contributed by atoms with van der Waals surface area (Å²) in [6, 6.07) is 0.418. The minimum Gasteiger partial charge on any atom is -0.340 e. The van der Waals surface area contributed by atoms with Crippen molar-refractivity contribution in [1.82, 2.24) is 4.90 Å². The van der Waals surface area contributed by atoms with Crippen molar-refractivity contribution < 1.29 is 4.79 Å². The zero-order valence-corrected chi connectivity index (χ0v) is 8.46. The maximum absolute atomic E-state index is 11.6. The van der Waals surface area contributed by atoms with Crippen molar-refractivity contribution in [3.05, 3.63) is 0 Å². The van der Waals surface area contributed by atoms with Crippen LogP contribution in [0.1, 0.15) is 39.0 Å². The van der Waals surface area contributed by atoms with Gasteiger partial charge in [0.15, 0.2) is 0 Å². The van der Waals surface area contributed by atoms with Crippen LogP contribution in [0.2, 0.25) is 0 Å². The van der Waals surface area contributed by atoms with Crippen LogP contribution in [0.3, 0.4) is 0 Å². The van der Waals surface area contributed by atoms with Gasteiger partial charge in [0.2, 0.25) is 5.91 Å². The fourth-order valence-electron chi connectivity index (χ4n) is 1.87. The Labute approximate surface area is 80.3 Å². The Hall–Kier alpha value is -0.570. The molecule has 1 aliphatic heterocycles. The minimum atomic E-state index is 0.318. The minimum absolute atomic E-state index is 0.318.